The lowest BCUT2D eigenvalue weighted by atomic mass is 10.1. The smallest absolute Gasteiger partial charge is 0.393 e. The van der Waals surface area contributed by atoms with Gasteiger partial charge in [-0.2, -0.15) is 13.2 Å². The standard InChI is InChI=1S/C9H14F3NO2/c1-2-7(8(14)15)13-4-3-6(5-13)9(10,11)12/h6-7H,2-5H2,1H3,(H,14,15)/t6-,7+/m0/s1. The molecule has 0 saturated carbocycles. The second-order valence-corrected chi connectivity index (χ2v) is 3.78. The molecule has 6 heteroatoms. The van der Waals surface area contributed by atoms with Gasteiger partial charge < -0.3 is 5.11 Å². The Morgan fingerprint density at radius 2 is 2.20 bits per heavy atom. The van der Waals surface area contributed by atoms with E-state index in [9.17, 15) is 18.0 Å². The first kappa shape index (κ1) is 12.3. The number of alkyl halides is 3. The van der Waals surface area contributed by atoms with E-state index in [1.54, 1.807) is 6.92 Å². The zero-order valence-corrected chi connectivity index (χ0v) is 8.42. The molecule has 88 valence electrons. The zero-order chi connectivity index (χ0) is 11.6. The van der Waals surface area contributed by atoms with Crippen molar-refractivity contribution in [1.29, 1.82) is 0 Å². The van der Waals surface area contributed by atoms with Crippen molar-refractivity contribution in [3.8, 4) is 0 Å². The summed E-state index contributed by atoms with van der Waals surface area (Å²) in [5, 5.41) is 8.80. The Morgan fingerprint density at radius 1 is 1.60 bits per heavy atom. The number of rotatable bonds is 3. The summed E-state index contributed by atoms with van der Waals surface area (Å²) in [6, 6.07) is -0.780. The van der Waals surface area contributed by atoms with Crippen molar-refractivity contribution in [3.63, 3.8) is 0 Å². The van der Waals surface area contributed by atoms with Crippen LogP contribution in [0.2, 0.25) is 0 Å². The van der Waals surface area contributed by atoms with E-state index >= 15 is 0 Å². The SMILES string of the molecule is CC[C@H](C(=O)O)N1CC[C@H](C(F)(F)F)C1. The molecule has 0 amide bonds. The van der Waals surface area contributed by atoms with Gasteiger partial charge in [-0.1, -0.05) is 6.92 Å². The summed E-state index contributed by atoms with van der Waals surface area (Å²) >= 11 is 0. The second-order valence-electron chi connectivity index (χ2n) is 3.78. The van der Waals surface area contributed by atoms with Gasteiger partial charge in [-0.3, -0.25) is 9.69 Å². The van der Waals surface area contributed by atoms with Crippen LogP contribution in [-0.4, -0.2) is 41.3 Å². The highest BCUT2D eigenvalue weighted by molar-refractivity contribution is 5.73. The van der Waals surface area contributed by atoms with Crippen LogP contribution in [0.15, 0.2) is 0 Å². The first-order valence-electron chi connectivity index (χ1n) is 4.89. The van der Waals surface area contributed by atoms with Crippen LogP contribution in [0.5, 0.6) is 0 Å². The van der Waals surface area contributed by atoms with Gasteiger partial charge in [0, 0.05) is 6.54 Å². The quantitative estimate of drug-likeness (QED) is 0.795. The maximum Gasteiger partial charge on any atom is 0.393 e. The predicted octanol–water partition coefficient (Wildman–Crippen LogP) is 1.73. The number of likely N-dealkylation sites (tertiary alicyclic amines) is 1. The van der Waals surface area contributed by atoms with Crippen molar-refractivity contribution >= 4 is 5.97 Å². The van der Waals surface area contributed by atoms with Crippen molar-refractivity contribution in [2.24, 2.45) is 5.92 Å². The molecule has 0 spiro atoms. The van der Waals surface area contributed by atoms with Gasteiger partial charge in [-0.25, -0.2) is 0 Å². The van der Waals surface area contributed by atoms with Crippen LogP contribution in [0.3, 0.4) is 0 Å². The van der Waals surface area contributed by atoms with Crippen LogP contribution in [0.4, 0.5) is 13.2 Å². The Labute approximate surface area is 85.9 Å². The molecule has 0 aliphatic carbocycles. The third kappa shape index (κ3) is 2.84. The third-order valence-corrected chi connectivity index (χ3v) is 2.80. The molecule has 0 aromatic carbocycles. The first-order chi connectivity index (χ1) is 6.86. The van der Waals surface area contributed by atoms with Crippen LogP contribution in [-0.2, 0) is 4.79 Å². The fourth-order valence-electron chi connectivity index (χ4n) is 1.93. The van der Waals surface area contributed by atoms with Gasteiger partial charge in [0.2, 0.25) is 0 Å². The summed E-state index contributed by atoms with van der Waals surface area (Å²) < 4.78 is 37.0. The Hall–Kier alpha value is -0.780. The fourth-order valence-corrected chi connectivity index (χ4v) is 1.93. The minimum absolute atomic E-state index is 0.00722. The molecule has 1 N–H and O–H groups in total. The topological polar surface area (TPSA) is 40.5 Å². The maximum absolute atomic E-state index is 12.3. The molecule has 0 unspecified atom stereocenters. The Bertz CT molecular complexity index is 242. The molecule has 1 saturated heterocycles. The van der Waals surface area contributed by atoms with Gasteiger partial charge in [-0.15, -0.1) is 0 Å². The lowest BCUT2D eigenvalue weighted by molar-refractivity contribution is -0.172. The number of nitrogens with zero attached hydrogens (tertiary/aromatic N) is 1. The van der Waals surface area contributed by atoms with Crippen molar-refractivity contribution in [2.45, 2.75) is 32.0 Å². The molecule has 15 heavy (non-hydrogen) atoms. The average Bonchev–Trinajstić information content (AvgIpc) is 2.52. The lowest BCUT2D eigenvalue weighted by Gasteiger charge is -2.23. The zero-order valence-electron chi connectivity index (χ0n) is 8.42. The fraction of sp³-hybridized carbons (Fsp3) is 0.889. The lowest BCUT2D eigenvalue weighted by Crippen LogP contribution is -2.40. The summed E-state index contributed by atoms with van der Waals surface area (Å²) in [6.45, 7) is 1.70. The minimum atomic E-state index is -4.20. The Morgan fingerprint density at radius 3 is 2.53 bits per heavy atom. The normalized spacial score (nSPS) is 25.5. The average molecular weight is 225 g/mol. The highest BCUT2D eigenvalue weighted by Crippen LogP contribution is 2.34. The van der Waals surface area contributed by atoms with E-state index in [0.29, 0.717) is 6.42 Å². The molecule has 1 heterocycles. The summed E-state index contributed by atoms with van der Waals surface area (Å²) in [4.78, 5) is 12.2. The van der Waals surface area contributed by atoms with Crippen molar-refractivity contribution < 1.29 is 23.1 Å². The molecule has 3 nitrogen and oxygen atoms in total. The molecule has 0 radical (unpaired) electrons. The van der Waals surface area contributed by atoms with E-state index in [1.807, 2.05) is 0 Å². The first-order valence-corrected chi connectivity index (χ1v) is 4.89. The van der Waals surface area contributed by atoms with Crippen LogP contribution >= 0.6 is 0 Å². The van der Waals surface area contributed by atoms with E-state index < -0.39 is 24.1 Å². The van der Waals surface area contributed by atoms with Crippen LogP contribution < -0.4 is 0 Å². The van der Waals surface area contributed by atoms with Crippen molar-refractivity contribution in [2.75, 3.05) is 13.1 Å². The number of halogens is 3. The molecule has 0 aromatic heterocycles. The third-order valence-electron chi connectivity index (χ3n) is 2.80. The van der Waals surface area contributed by atoms with Crippen molar-refractivity contribution in [1.82, 2.24) is 4.90 Å². The van der Waals surface area contributed by atoms with E-state index in [1.165, 1.54) is 4.90 Å². The molecule has 0 aromatic rings. The molecule has 2 atom stereocenters. The molecule has 1 rings (SSSR count). The molecular weight excluding hydrogens is 211 g/mol. The number of hydrogen-bond donors (Lipinski definition) is 1. The van der Waals surface area contributed by atoms with E-state index in [4.69, 9.17) is 5.11 Å². The summed E-state index contributed by atoms with van der Waals surface area (Å²) in [5.41, 5.74) is 0. The number of carboxylic acids is 1. The van der Waals surface area contributed by atoms with Crippen LogP contribution in [0.1, 0.15) is 19.8 Å². The summed E-state index contributed by atoms with van der Waals surface area (Å²) in [5.74, 6) is -2.41. The molecule has 1 aliphatic heterocycles. The highest BCUT2D eigenvalue weighted by atomic mass is 19.4. The van der Waals surface area contributed by atoms with Crippen LogP contribution in [0, 0.1) is 5.92 Å². The molecule has 1 aliphatic rings. The molecule has 1 fully saturated rings. The summed E-state index contributed by atoms with van der Waals surface area (Å²) in [6.07, 6.45) is -3.86. The van der Waals surface area contributed by atoms with Gasteiger partial charge in [0.25, 0.3) is 0 Å². The predicted molar refractivity (Wildman–Crippen MR) is 47.4 cm³/mol. The maximum atomic E-state index is 12.3. The second kappa shape index (κ2) is 4.38. The monoisotopic (exact) mass is 225 g/mol. The Balaban J connectivity index is 2.59. The van der Waals surface area contributed by atoms with E-state index in [-0.39, 0.29) is 19.5 Å². The van der Waals surface area contributed by atoms with Gasteiger partial charge in [0.05, 0.1) is 5.92 Å². The molecular formula is C9H14F3NO2. The number of hydrogen-bond acceptors (Lipinski definition) is 2. The van der Waals surface area contributed by atoms with Gasteiger partial charge in [0.1, 0.15) is 6.04 Å². The van der Waals surface area contributed by atoms with E-state index in [2.05, 4.69) is 0 Å². The largest absolute Gasteiger partial charge is 0.480 e. The van der Waals surface area contributed by atoms with Crippen molar-refractivity contribution in [3.05, 3.63) is 0 Å². The number of aliphatic carboxylic acids is 1. The summed E-state index contributed by atoms with van der Waals surface area (Å²) in [7, 11) is 0. The van der Waals surface area contributed by atoms with Crippen LogP contribution in [0.25, 0.3) is 0 Å². The number of carbonyl (C=O) groups is 1. The van der Waals surface area contributed by atoms with Gasteiger partial charge in [-0.05, 0) is 19.4 Å². The molecule has 0 bridgehead atoms. The highest BCUT2D eigenvalue weighted by Gasteiger charge is 2.45. The van der Waals surface area contributed by atoms with E-state index in [0.717, 1.165) is 0 Å². The minimum Gasteiger partial charge on any atom is -0.480 e. The van der Waals surface area contributed by atoms with Gasteiger partial charge >= 0.3 is 12.1 Å². The Kier molecular flexibility index (Phi) is 3.59. The number of carboxylic acid groups (broad SMARTS) is 1. The van der Waals surface area contributed by atoms with Gasteiger partial charge in [0.15, 0.2) is 0 Å².